The predicted molar refractivity (Wildman–Crippen MR) is 416 cm³/mol. The third-order valence-electron chi connectivity index (χ3n) is 19.0. The minimum absolute atomic E-state index is 0.0730. The van der Waals surface area contributed by atoms with Gasteiger partial charge in [-0.25, -0.2) is 37.6 Å². The summed E-state index contributed by atoms with van der Waals surface area (Å²) in [5.74, 6) is -7.76. The minimum Gasteiger partial charge on any atom is -0.481 e. The molecule has 111 heavy (non-hydrogen) atoms. The number of hydrogen-bond donors (Lipinski definition) is 13. The van der Waals surface area contributed by atoms with Crippen LogP contribution >= 0.6 is 12.2 Å². The molecule has 0 saturated carbocycles. The fraction of sp³-hybridized carbons (Fsp3) is 0.403. The molecular formula is C77H92N16O16S2. The maximum Gasteiger partial charge on any atom is 0.355 e. The van der Waals surface area contributed by atoms with E-state index < -0.39 is 136 Å². The highest BCUT2D eigenvalue weighted by Crippen LogP contribution is 2.42. The second-order valence-corrected chi connectivity index (χ2v) is 30.7. The summed E-state index contributed by atoms with van der Waals surface area (Å²) in [6, 6.07) is 20.5. The number of thiocarbonyl (C=S) groups is 1. The SMILES string of the molecule is CCCNC(=O)Nc1cccc(S(=O)(=O)Nc2cccc(C(CC(=O)O)NC(=O)Nc3ccc(NC(=S)N4CCC[C@@H]4C(=O)N[C@@H](CC(C)C)C(=O)NCC(=O)N[C@H](CC(C)C)C(=O)N[C@H](Cc4c[nH]cn4)C(=O)N[C@@H](C(=O)O[C@@]4(CC)C(=O)OCc5c4cc4n(c5=O)Cc5cc6ccccc6nc5-4)C(C)C)cc3)c2)c1. The molecule has 3 aliphatic heterocycles. The number of imidazole rings is 1. The van der Waals surface area contributed by atoms with Gasteiger partial charge >= 0.3 is 30.0 Å². The maximum atomic E-state index is 14.7. The molecular weight excluding hydrogens is 1470 g/mol. The first-order chi connectivity index (χ1) is 52.9. The molecule has 4 aromatic carbocycles. The molecule has 3 aliphatic rings. The van der Waals surface area contributed by atoms with Gasteiger partial charge in [0.15, 0.2) is 5.11 Å². The molecule has 0 aliphatic carbocycles. The Morgan fingerprint density at radius 3 is 2.11 bits per heavy atom. The summed E-state index contributed by atoms with van der Waals surface area (Å²) < 4.78 is 42.8. The normalized spacial score (nSPS) is 16.3. The maximum absolute atomic E-state index is 14.7. The highest BCUT2D eigenvalue weighted by Gasteiger charge is 2.52. The predicted octanol–water partition coefficient (Wildman–Crippen LogP) is 6.93. The number of esters is 2. The van der Waals surface area contributed by atoms with Gasteiger partial charge in [0.2, 0.25) is 35.1 Å². The average molecular weight is 1560 g/mol. The van der Waals surface area contributed by atoms with E-state index in [1.807, 2.05) is 65.0 Å². The summed E-state index contributed by atoms with van der Waals surface area (Å²) >= 11 is 5.81. The molecule has 7 aromatic rings. The molecule has 0 radical (unpaired) electrons. The van der Waals surface area contributed by atoms with Crippen LogP contribution < -0.4 is 63.4 Å². The second kappa shape index (κ2) is 36.1. The van der Waals surface area contributed by atoms with Crippen LogP contribution in [0.2, 0.25) is 0 Å². The van der Waals surface area contributed by atoms with Crippen molar-refractivity contribution < 1.29 is 70.9 Å². The first-order valence-electron chi connectivity index (χ1n) is 36.7. The zero-order valence-electron chi connectivity index (χ0n) is 62.6. The van der Waals surface area contributed by atoms with E-state index in [-0.39, 0.29) is 88.7 Å². The van der Waals surface area contributed by atoms with Crippen molar-refractivity contribution in [1.29, 1.82) is 0 Å². The number of aliphatic carboxylic acids is 1. The van der Waals surface area contributed by atoms with Crippen LogP contribution in [0.4, 0.5) is 32.3 Å². The van der Waals surface area contributed by atoms with Gasteiger partial charge in [0.25, 0.3) is 15.6 Å². The Bertz CT molecular complexity index is 4860. The van der Waals surface area contributed by atoms with Gasteiger partial charge in [-0.3, -0.25) is 38.3 Å². The van der Waals surface area contributed by atoms with Crippen LogP contribution in [0.25, 0.3) is 22.3 Å². The zero-order valence-corrected chi connectivity index (χ0v) is 64.2. The molecule has 588 valence electrons. The van der Waals surface area contributed by atoms with E-state index in [0.717, 1.165) is 10.9 Å². The van der Waals surface area contributed by atoms with Crippen LogP contribution in [0, 0.1) is 17.8 Å². The topological polar surface area (TPSA) is 443 Å². The highest BCUT2D eigenvalue weighted by atomic mass is 32.2. The Morgan fingerprint density at radius 1 is 0.739 bits per heavy atom. The number of carbonyl (C=O) groups is 10. The van der Waals surface area contributed by atoms with E-state index in [1.165, 1.54) is 61.1 Å². The number of aromatic nitrogens is 4. The van der Waals surface area contributed by atoms with E-state index in [1.54, 1.807) is 60.6 Å². The number of anilines is 4. The van der Waals surface area contributed by atoms with E-state index in [2.05, 4.69) is 67.9 Å². The number of carboxylic acid groups (broad SMARTS) is 1. The number of urea groups is 2. The number of benzene rings is 4. The van der Waals surface area contributed by atoms with E-state index >= 15 is 0 Å². The number of nitrogens with zero attached hydrogens (tertiary/aromatic N) is 4. The Balaban J connectivity index is 0.727. The van der Waals surface area contributed by atoms with Gasteiger partial charge in [0.05, 0.1) is 64.9 Å². The van der Waals surface area contributed by atoms with Crippen molar-refractivity contribution in [2.75, 3.05) is 40.3 Å². The number of rotatable bonds is 32. The van der Waals surface area contributed by atoms with Crippen LogP contribution in [0.1, 0.15) is 134 Å². The van der Waals surface area contributed by atoms with Crippen molar-refractivity contribution in [3.05, 3.63) is 160 Å². The summed E-state index contributed by atoms with van der Waals surface area (Å²) in [7, 11) is -4.22. The Labute approximate surface area is 646 Å². The van der Waals surface area contributed by atoms with Gasteiger partial charge in [-0.05, 0) is 147 Å². The monoisotopic (exact) mass is 1560 g/mol. The number of fused-ring (bicyclic) bond motifs is 5. The summed E-state index contributed by atoms with van der Waals surface area (Å²) in [5, 5.41) is 38.2. The lowest BCUT2D eigenvalue weighted by molar-refractivity contribution is -0.191. The number of H-pyrrole nitrogens is 1. The number of carbonyl (C=O) groups excluding carboxylic acids is 9. The molecule has 1 unspecified atom stereocenters. The van der Waals surface area contributed by atoms with E-state index in [4.69, 9.17) is 26.7 Å². The first-order valence-corrected chi connectivity index (χ1v) is 38.6. The number of sulfonamides is 1. The Morgan fingerprint density at radius 2 is 1.42 bits per heavy atom. The van der Waals surface area contributed by atoms with Gasteiger partial charge in [-0.15, -0.1) is 0 Å². The third kappa shape index (κ3) is 20.4. The zero-order chi connectivity index (χ0) is 80.0. The number of ether oxygens (including phenoxy) is 2. The lowest BCUT2D eigenvalue weighted by Crippen LogP contribution is -2.59. The standard InChI is InChI=1S/C77H92N16O16S2/c1-9-27-79-74(104)83-50-18-14-20-53(33-50)111(106,107)91-51-19-13-17-46(32-51)57(36-64(95)96)89-75(105)82-48-23-25-49(26-24-48)84-76(110)92-28-15-22-61(92)70(100)88-58(29-42(3)4)67(97)80-38-63(94)85-59(30-43(5)6)68(98)87-60(34-52-37-78-41-81-52)69(99)90-65(44(7)8)72(102)109-77(10-2)55-35-62-66-47(31-45-16-11-12-21-56(45)86-66)39-93(62)71(101)54(55)40-108-73(77)103/h11-14,16-21,23-26,31-33,35,37,41-44,57-61,65,91H,9-10,15,22,27-30,34,36,38-40H2,1-8H3,(H,78,81)(H,80,97)(H,84,110)(H,85,94)(H,87,98)(H,88,100)(H,90,99)(H,95,96)(H2,79,83,104)(H2,82,89,105)/t57?,58-,59+,60+,61+,65+,77+/m0/s1. The van der Waals surface area contributed by atoms with Crippen molar-refractivity contribution in [2.24, 2.45) is 17.8 Å². The van der Waals surface area contributed by atoms with Gasteiger partial charge in [0.1, 0.15) is 36.8 Å². The summed E-state index contributed by atoms with van der Waals surface area (Å²) in [4.78, 5) is 165. The number of nitrogens with one attached hydrogen (secondary N) is 12. The first kappa shape index (κ1) is 81.7. The number of carboxylic acids is 1. The smallest absolute Gasteiger partial charge is 0.355 e. The number of hydrogen-bond acceptors (Lipinski definition) is 18. The molecule has 6 heterocycles. The number of aromatic amines is 1. The quantitative estimate of drug-likeness (QED) is 0.0150. The number of likely N-dealkylation sites (tertiary alicyclic amines) is 1. The van der Waals surface area contributed by atoms with Gasteiger partial charge in [0, 0.05) is 65.0 Å². The molecule has 1 saturated heterocycles. The van der Waals surface area contributed by atoms with Crippen LogP contribution in [-0.4, -0.2) is 152 Å². The Kier molecular flexibility index (Phi) is 26.6. The lowest BCUT2D eigenvalue weighted by atomic mass is 9.85. The lowest BCUT2D eigenvalue weighted by Gasteiger charge is -2.37. The van der Waals surface area contributed by atoms with Crippen LogP contribution in [0.15, 0.2) is 131 Å². The van der Waals surface area contributed by atoms with Crippen LogP contribution in [0.3, 0.4) is 0 Å². The largest absolute Gasteiger partial charge is 0.481 e. The fourth-order valence-electron chi connectivity index (χ4n) is 13.4. The molecule has 0 bridgehead atoms. The summed E-state index contributed by atoms with van der Waals surface area (Å²) in [6.45, 7) is 14.2. The van der Waals surface area contributed by atoms with E-state index in [9.17, 15) is 66.3 Å². The Hall–Kier alpha value is -11.8. The minimum atomic E-state index is -4.22. The van der Waals surface area contributed by atoms with Crippen molar-refractivity contribution in [3.8, 4) is 11.4 Å². The van der Waals surface area contributed by atoms with Gasteiger partial charge < -0.3 is 82.2 Å². The van der Waals surface area contributed by atoms with Gasteiger partial charge in [-0.1, -0.05) is 91.8 Å². The molecule has 7 atom stereocenters. The molecule has 1 fully saturated rings. The molecule has 32 nitrogen and oxygen atoms in total. The number of para-hydroxylation sites is 1. The van der Waals surface area contributed by atoms with Crippen molar-refractivity contribution in [1.82, 2.24) is 61.6 Å². The third-order valence-corrected chi connectivity index (χ3v) is 20.7. The highest BCUT2D eigenvalue weighted by molar-refractivity contribution is 7.92. The molecule has 10 rings (SSSR count). The molecule has 3 aromatic heterocycles. The van der Waals surface area contributed by atoms with Crippen molar-refractivity contribution >= 4 is 121 Å². The molecule has 13 N–H and O–H groups in total. The summed E-state index contributed by atoms with van der Waals surface area (Å²) in [6.07, 6.45) is 3.87. The fourth-order valence-corrected chi connectivity index (χ4v) is 14.9. The van der Waals surface area contributed by atoms with Crippen molar-refractivity contribution in [3.63, 3.8) is 0 Å². The molecule has 34 heteroatoms. The van der Waals surface area contributed by atoms with Crippen LogP contribution in [0.5, 0.6) is 0 Å². The molecule has 0 spiro atoms. The second-order valence-electron chi connectivity index (χ2n) is 28.6. The van der Waals surface area contributed by atoms with Crippen molar-refractivity contribution in [2.45, 2.75) is 167 Å². The summed E-state index contributed by atoms with van der Waals surface area (Å²) in [5.41, 5.74) is 1.85. The molecule has 9 amide bonds. The number of amides is 9. The van der Waals surface area contributed by atoms with E-state index in [0.29, 0.717) is 66.3 Å². The van der Waals surface area contributed by atoms with Crippen LogP contribution in [-0.2, 0) is 83.0 Å². The number of pyridine rings is 2. The van der Waals surface area contributed by atoms with Gasteiger partial charge in [-0.2, -0.15) is 0 Å². The number of cyclic esters (lactones) is 1. The average Bonchev–Trinajstić information content (AvgIpc) is 1.65.